The second kappa shape index (κ2) is 8.23. The lowest BCUT2D eigenvalue weighted by atomic mass is 9.81. The zero-order valence-electron chi connectivity index (χ0n) is 17.9. The molecule has 4 rings (SSSR count). The normalized spacial score (nSPS) is 28.2. The number of ether oxygens (including phenoxy) is 3. The number of quaternary nitrogens is 1. The van der Waals surface area contributed by atoms with Crippen LogP contribution in [-0.2, 0) is 11.2 Å². The number of methoxy groups -OCH3 is 1. The van der Waals surface area contributed by atoms with Crippen LogP contribution < -0.4 is 19.1 Å². The van der Waals surface area contributed by atoms with Gasteiger partial charge in [0.2, 0.25) is 12.5 Å². The van der Waals surface area contributed by atoms with Gasteiger partial charge >= 0.3 is 0 Å². The molecule has 1 aliphatic carbocycles. The molecule has 2 heterocycles. The smallest absolute Gasteiger partial charge is 0.231 e. The minimum atomic E-state index is 0.0614. The highest BCUT2D eigenvalue weighted by atomic mass is 16.7. The minimum absolute atomic E-state index is 0.0614. The lowest BCUT2D eigenvalue weighted by molar-refractivity contribution is -0.914. The minimum Gasteiger partial charge on any atom is -0.492 e. The van der Waals surface area contributed by atoms with E-state index in [1.807, 2.05) is 6.08 Å². The number of ketones is 1. The number of benzene rings is 1. The van der Waals surface area contributed by atoms with E-state index in [1.54, 1.807) is 7.11 Å². The summed E-state index contributed by atoms with van der Waals surface area (Å²) < 4.78 is 17.0. The molecule has 0 spiro atoms. The van der Waals surface area contributed by atoms with E-state index in [0.717, 1.165) is 42.9 Å². The van der Waals surface area contributed by atoms with Crippen molar-refractivity contribution < 1.29 is 23.9 Å². The second-order valence-electron chi connectivity index (χ2n) is 8.78. The lowest BCUT2D eigenvalue weighted by Gasteiger charge is -2.32. The maximum Gasteiger partial charge on any atom is 0.231 e. The zero-order chi connectivity index (χ0) is 20.5. The summed E-state index contributed by atoms with van der Waals surface area (Å²) in [6.45, 7) is 5.68. The molecule has 0 bridgehead atoms. The summed E-state index contributed by atoms with van der Waals surface area (Å²) in [5.41, 5.74) is 3.77. The van der Waals surface area contributed by atoms with Crippen LogP contribution in [0.4, 0.5) is 0 Å². The number of nitrogens with one attached hydrogen (secondary N) is 1. The molecule has 1 unspecified atom stereocenters. The fourth-order valence-corrected chi connectivity index (χ4v) is 4.98. The number of hydrogen-bond acceptors (Lipinski definition) is 4. The molecule has 1 aromatic rings. The molecule has 0 radical (unpaired) electrons. The average molecular weight is 399 g/mol. The van der Waals surface area contributed by atoms with Crippen LogP contribution in [0.2, 0.25) is 0 Å². The molecule has 5 nitrogen and oxygen atoms in total. The van der Waals surface area contributed by atoms with Crippen LogP contribution in [0, 0.1) is 11.8 Å². The summed E-state index contributed by atoms with van der Waals surface area (Å²) in [5, 5.41) is 0. The van der Waals surface area contributed by atoms with Gasteiger partial charge in [0.05, 0.1) is 32.7 Å². The molecule has 0 saturated heterocycles. The van der Waals surface area contributed by atoms with Crippen LogP contribution in [-0.4, -0.2) is 33.3 Å². The molecule has 1 aromatic carbocycles. The van der Waals surface area contributed by atoms with Crippen molar-refractivity contribution in [3.63, 3.8) is 0 Å². The molecule has 29 heavy (non-hydrogen) atoms. The van der Waals surface area contributed by atoms with Crippen molar-refractivity contribution >= 4 is 5.78 Å². The van der Waals surface area contributed by atoms with E-state index < -0.39 is 0 Å². The van der Waals surface area contributed by atoms with E-state index >= 15 is 0 Å². The number of hydrogen-bond donors (Lipinski definition) is 1. The highest BCUT2D eigenvalue weighted by molar-refractivity contribution is 5.90. The fourth-order valence-electron chi connectivity index (χ4n) is 4.98. The molecule has 0 aromatic heterocycles. The van der Waals surface area contributed by atoms with E-state index in [4.69, 9.17) is 14.2 Å². The molecule has 2 aliphatic heterocycles. The molecule has 4 atom stereocenters. The maximum atomic E-state index is 12.9. The highest BCUT2D eigenvalue weighted by Crippen LogP contribution is 2.47. The van der Waals surface area contributed by atoms with Crippen LogP contribution in [0.1, 0.15) is 50.3 Å². The monoisotopic (exact) mass is 398 g/mol. The molecule has 0 saturated carbocycles. The first-order valence-corrected chi connectivity index (χ1v) is 10.7. The fraction of sp³-hybridized carbons (Fsp3) is 0.542. The summed E-state index contributed by atoms with van der Waals surface area (Å²) in [5.74, 6) is 3.38. The predicted molar refractivity (Wildman–Crippen MR) is 112 cm³/mol. The Hall–Kier alpha value is -2.27. The van der Waals surface area contributed by atoms with Crippen molar-refractivity contribution in [1.29, 1.82) is 0 Å². The summed E-state index contributed by atoms with van der Waals surface area (Å²) in [4.78, 5) is 14.2. The Kier molecular flexibility index (Phi) is 5.68. The topological polar surface area (TPSA) is 49.2 Å². The number of rotatable bonds is 5. The van der Waals surface area contributed by atoms with Gasteiger partial charge in [-0.3, -0.25) is 4.79 Å². The summed E-state index contributed by atoms with van der Waals surface area (Å²) in [6, 6.07) is 2.13. The standard InChI is InChI=1S/C24H31NO4/c1-15-5-6-17(16(2)11-15)7-8-19(26)13-20-22-18(9-10-25(20)3)12-21-23(24(22)27-4)29-14-28-21/h5,7-8,12,16-17,20H,6,9-11,13-14H2,1-4H3/p+1/b8-7+/t16-,17+,20-/m1/s1. The van der Waals surface area contributed by atoms with Crippen LogP contribution in [0.15, 0.2) is 29.9 Å². The van der Waals surface area contributed by atoms with Crippen molar-refractivity contribution in [1.82, 2.24) is 0 Å². The molecule has 5 heteroatoms. The number of allylic oxidation sites excluding steroid dienone is 4. The zero-order valence-corrected chi connectivity index (χ0v) is 17.9. The average Bonchev–Trinajstić information content (AvgIpc) is 3.16. The lowest BCUT2D eigenvalue weighted by Crippen LogP contribution is -3.10. The Morgan fingerprint density at radius 3 is 2.97 bits per heavy atom. The third-order valence-electron chi connectivity index (χ3n) is 6.73. The van der Waals surface area contributed by atoms with Crippen molar-refractivity contribution in [2.24, 2.45) is 11.8 Å². The van der Waals surface area contributed by atoms with Crippen LogP contribution >= 0.6 is 0 Å². The summed E-state index contributed by atoms with van der Waals surface area (Å²) in [6.07, 6.45) is 9.83. The van der Waals surface area contributed by atoms with Gasteiger partial charge in [0.1, 0.15) is 6.04 Å². The van der Waals surface area contributed by atoms with Crippen LogP contribution in [0.3, 0.4) is 0 Å². The largest absolute Gasteiger partial charge is 0.492 e. The number of fused-ring (bicyclic) bond motifs is 2. The van der Waals surface area contributed by atoms with Crippen molar-refractivity contribution in [3.05, 3.63) is 41.0 Å². The first-order valence-electron chi connectivity index (χ1n) is 10.7. The molecule has 3 aliphatic rings. The predicted octanol–water partition coefficient (Wildman–Crippen LogP) is 3.04. The molecule has 1 N–H and O–H groups in total. The quantitative estimate of drug-likeness (QED) is 0.612. The number of carbonyl (C=O) groups excluding carboxylic acids is 1. The Morgan fingerprint density at radius 1 is 1.38 bits per heavy atom. The van der Waals surface area contributed by atoms with Gasteiger partial charge in [0, 0.05) is 6.42 Å². The molecular formula is C24H32NO4+. The molecule has 156 valence electrons. The molecule has 0 fully saturated rings. The maximum absolute atomic E-state index is 12.9. The van der Waals surface area contributed by atoms with E-state index in [1.165, 1.54) is 16.0 Å². The Morgan fingerprint density at radius 2 is 2.21 bits per heavy atom. The number of carbonyl (C=O) groups is 1. The third kappa shape index (κ3) is 3.93. The highest BCUT2D eigenvalue weighted by Gasteiger charge is 2.37. The summed E-state index contributed by atoms with van der Waals surface area (Å²) >= 11 is 0. The first-order chi connectivity index (χ1) is 14.0. The van der Waals surface area contributed by atoms with E-state index in [9.17, 15) is 4.79 Å². The van der Waals surface area contributed by atoms with Crippen LogP contribution in [0.25, 0.3) is 0 Å². The SMILES string of the molecule is COc1c2c(cc3c1[C@@H](CC(=O)/C=C/[C@@H]1CC=C(C)C[C@H]1C)[NH+](C)CC3)OCO2. The third-order valence-corrected chi connectivity index (χ3v) is 6.73. The first kappa shape index (κ1) is 20.0. The van der Waals surface area contributed by atoms with E-state index in [-0.39, 0.29) is 18.6 Å². The van der Waals surface area contributed by atoms with Crippen molar-refractivity contribution in [2.45, 2.75) is 45.6 Å². The van der Waals surface area contributed by atoms with Crippen molar-refractivity contribution in [3.8, 4) is 17.2 Å². The van der Waals surface area contributed by atoms with Gasteiger partial charge in [0.25, 0.3) is 0 Å². The Balaban J connectivity index is 1.55. The van der Waals surface area contributed by atoms with Crippen molar-refractivity contribution in [2.75, 3.05) is 27.5 Å². The van der Waals surface area contributed by atoms with Crippen LogP contribution in [0.5, 0.6) is 17.2 Å². The van der Waals surface area contributed by atoms with Gasteiger partial charge in [-0.2, -0.15) is 0 Å². The molecule has 0 amide bonds. The van der Waals surface area contributed by atoms with Gasteiger partial charge in [-0.05, 0) is 49.3 Å². The van der Waals surface area contributed by atoms with E-state index in [0.29, 0.717) is 24.0 Å². The van der Waals surface area contributed by atoms with Gasteiger partial charge in [0.15, 0.2) is 17.3 Å². The van der Waals surface area contributed by atoms with Gasteiger partial charge in [-0.1, -0.05) is 24.6 Å². The summed E-state index contributed by atoms with van der Waals surface area (Å²) in [7, 11) is 3.83. The van der Waals surface area contributed by atoms with E-state index in [2.05, 4.69) is 39.1 Å². The Labute approximate surface area is 173 Å². The second-order valence-corrected chi connectivity index (χ2v) is 8.78. The van der Waals surface area contributed by atoms with Gasteiger partial charge < -0.3 is 19.1 Å². The number of likely N-dealkylation sites (N-methyl/N-ethyl adjacent to an activating group) is 1. The molecular weight excluding hydrogens is 366 g/mol. The van der Waals surface area contributed by atoms with Gasteiger partial charge in [-0.25, -0.2) is 0 Å². The Bertz CT molecular complexity index is 857. The van der Waals surface area contributed by atoms with Gasteiger partial charge in [-0.15, -0.1) is 0 Å².